The van der Waals surface area contributed by atoms with Gasteiger partial charge in [0.2, 0.25) is 0 Å². The van der Waals surface area contributed by atoms with E-state index in [0.717, 1.165) is 6.07 Å². The van der Waals surface area contributed by atoms with Gasteiger partial charge >= 0.3 is 0 Å². The van der Waals surface area contributed by atoms with Crippen LogP contribution in [0.5, 0.6) is 0 Å². The molecule has 0 fully saturated rings. The summed E-state index contributed by atoms with van der Waals surface area (Å²) in [6.07, 6.45) is 1.43. The molecule has 0 saturated heterocycles. The fourth-order valence-corrected chi connectivity index (χ4v) is 1.19. The van der Waals surface area contributed by atoms with Gasteiger partial charge in [-0.05, 0) is 12.1 Å². The predicted molar refractivity (Wildman–Crippen MR) is 52.9 cm³/mol. The number of aromatic amines is 1. The van der Waals surface area contributed by atoms with Crippen molar-refractivity contribution in [3.8, 4) is 0 Å². The molecule has 0 radical (unpaired) electrons. The first-order valence-corrected chi connectivity index (χ1v) is 4.43. The Kier molecular flexibility index (Phi) is 2.63. The minimum Gasteiger partial charge on any atom is -0.307 e. The van der Waals surface area contributed by atoms with E-state index in [2.05, 4.69) is 15.5 Å². The van der Waals surface area contributed by atoms with E-state index >= 15 is 0 Å². The van der Waals surface area contributed by atoms with Crippen molar-refractivity contribution in [1.82, 2.24) is 10.2 Å². The third-order valence-corrected chi connectivity index (χ3v) is 1.95. The van der Waals surface area contributed by atoms with E-state index in [-0.39, 0.29) is 5.56 Å². The zero-order chi connectivity index (χ0) is 11.5. The third-order valence-electron chi connectivity index (χ3n) is 1.95. The Hall–Kier alpha value is -2.24. The van der Waals surface area contributed by atoms with Crippen LogP contribution in [-0.2, 0) is 0 Å². The van der Waals surface area contributed by atoms with Gasteiger partial charge in [-0.1, -0.05) is 6.07 Å². The second-order valence-corrected chi connectivity index (χ2v) is 3.03. The van der Waals surface area contributed by atoms with Crippen LogP contribution in [0, 0.1) is 11.6 Å². The lowest BCUT2D eigenvalue weighted by atomic mass is 10.2. The van der Waals surface area contributed by atoms with E-state index in [4.69, 9.17) is 0 Å². The summed E-state index contributed by atoms with van der Waals surface area (Å²) in [5.74, 6) is -2.65. The molecule has 0 aliphatic carbocycles. The topological polar surface area (TPSA) is 57.8 Å². The lowest BCUT2D eigenvalue weighted by Gasteiger charge is -2.03. The number of carbonyl (C=O) groups is 1. The van der Waals surface area contributed by atoms with Gasteiger partial charge in [0.25, 0.3) is 5.91 Å². The number of anilines is 1. The Balaban J connectivity index is 2.24. The molecule has 4 nitrogen and oxygen atoms in total. The van der Waals surface area contributed by atoms with E-state index in [0.29, 0.717) is 5.82 Å². The smallest absolute Gasteiger partial charge is 0.259 e. The summed E-state index contributed by atoms with van der Waals surface area (Å²) in [5.41, 5.74) is -0.352. The van der Waals surface area contributed by atoms with Gasteiger partial charge in [-0.15, -0.1) is 0 Å². The number of hydrogen-bond donors (Lipinski definition) is 2. The standard InChI is InChI=1S/C10H7F2N3O/c11-7-3-1-2-6(9(7)12)10(16)14-8-4-5-13-15-8/h1-5H,(H2,13,14,15,16). The third kappa shape index (κ3) is 1.90. The summed E-state index contributed by atoms with van der Waals surface area (Å²) in [5, 5.41) is 8.42. The molecule has 0 atom stereocenters. The van der Waals surface area contributed by atoms with Crippen LogP contribution in [-0.4, -0.2) is 16.1 Å². The number of hydrogen-bond acceptors (Lipinski definition) is 2. The van der Waals surface area contributed by atoms with Gasteiger partial charge in [0, 0.05) is 6.07 Å². The van der Waals surface area contributed by atoms with Crippen LogP contribution in [0.3, 0.4) is 0 Å². The van der Waals surface area contributed by atoms with Crippen molar-refractivity contribution in [1.29, 1.82) is 0 Å². The van der Waals surface area contributed by atoms with Gasteiger partial charge in [0.15, 0.2) is 11.6 Å². The predicted octanol–water partition coefficient (Wildman–Crippen LogP) is 1.94. The number of aromatic nitrogens is 2. The van der Waals surface area contributed by atoms with Crippen LogP contribution in [0.1, 0.15) is 10.4 Å². The van der Waals surface area contributed by atoms with Crippen LogP contribution >= 0.6 is 0 Å². The van der Waals surface area contributed by atoms with Crippen LogP contribution in [0.4, 0.5) is 14.6 Å². The average Bonchev–Trinajstić information content (AvgIpc) is 2.74. The number of nitrogens with one attached hydrogen (secondary N) is 2. The average molecular weight is 223 g/mol. The molecule has 0 spiro atoms. The molecule has 82 valence electrons. The van der Waals surface area contributed by atoms with Crippen molar-refractivity contribution < 1.29 is 13.6 Å². The molecule has 0 aliphatic heterocycles. The number of carbonyl (C=O) groups excluding carboxylic acids is 1. The Morgan fingerprint density at radius 1 is 1.31 bits per heavy atom. The highest BCUT2D eigenvalue weighted by Gasteiger charge is 2.15. The lowest BCUT2D eigenvalue weighted by molar-refractivity contribution is 0.102. The Morgan fingerprint density at radius 3 is 2.81 bits per heavy atom. The highest BCUT2D eigenvalue weighted by molar-refractivity contribution is 6.03. The monoisotopic (exact) mass is 223 g/mol. The van der Waals surface area contributed by atoms with Gasteiger partial charge < -0.3 is 5.32 Å². The maximum Gasteiger partial charge on any atom is 0.259 e. The molecule has 0 unspecified atom stereocenters. The molecule has 2 rings (SSSR count). The molecular weight excluding hydrogens is 216 g/mol. The first kappa shape index (κ1) is 10.3. The van der Waals surface area contributed by atoms with Crippen molar-refractivity contribution in [3.05, 3.63) is 47.7 Å². The second kappa shape index (κ2) is 4.09. The summed E-state index contributed by atoms with van der Waals surface area (Å²) < 4.78 is 26.1. The molecule has 16 heavy (non-hydrogen) atoms. The Bertz CT molecular complexity index is 511. The maximum absolute atomic E-state index is 13.2. The number of benzene rings is 1. The van der Waals surface area contributed by atoms with Crippen molar-refractivity contribution >= 4 is 11.7 Å². The second-order valence-electron chi connectivity index (χ2n) is 3.03. The quantitative estimate of drug-likeness (QED) is 0.817. The summed E-state index contributed by atoms with van der Waals surface area (Å²) >= 11 is 0. The molecule has 0 aliphatic rings. The number of amides is 1. The minimum absolute atomic E-state index is 0.314. The Morgan fingerprint density at radius 2 is 2.12 bits per heavy atom. The molecule has 0 saturated carbocycles. The molecule has 0 bridgehead atoms. The molecule has 2 aromatic rings. The van der Waals surface area contributed by atoms with Crippen LogP contribution in [0.2, 0.25) is 0 Å². The first-order chi connectivity index (χ1) is 7.68. The molecule has 1 heterocycles. The lowest BCUT2D eigenvalue weighted by Crippen LogP contribution is -2.14. The maximum atomic E-state index is 13.2. The molecule has 1 aromatic heterocycles. The summed E-state index contributed by atoms with van der Waals surface area (Å²) in [6, 6.07) is 4.90. The highest BCUT2D eigenvalue weighted by Crippen LogP contribution is 2.12. The summed E-state index contributed by atoms with van der Waals surface area (Å²) in [4.78, 5) is 11.5. The van der Waals surface area contributed by atoms with E-state index in [9.17, 15) is 13.6 Å². The fraction of sp³-hybridized carbons (Fsp3) is 0. The summed E-state index contributed by atoms with van der Waals surface area (Å²) in [6.45, 7) is 0. The van der Waals surface area contributed by atoms with Gasteiger partial charge in [-0.25, -0.2) is 8.78 Å². The zero-order valence-electron chi connectivity index (χ0n) is 8.00. The number of nitrogens with zero attached hydrogens (tertiary/aromatic N) is 1. The molecular formula is C10H7F2N3O. The van der Waals surface area contributed by atoms with Gasteiger partial charge in [-0.2, -0.15) is 5.10 Å². The molecule has 1 amide bonds. The van der Waals surface area contributed by atoms with E-state index in [1.54, 1.807) is 0 Å². The van der Waals surface area contributed by atoms with Crippen molar-refractivity contribution in [2.75, 3.05) is 5.32 Å². The van der Waals surface area contributed by atoms with Gasteiger partial charge in [-0.3, -0.25) is 9.89 Å². The van der Waals surface area contributed by atoms with E-state index in [1.165, 1.54) is 24.4 Å². The van der Waals surface area contributed by atoms with Crippen molar-refractivity contribution in [3.63, 3.8) is 0 Å². The normalized spacial score (nSPS) is 10.1. The number of halogens is 2. The minimum atomic E-state index is -1.17. The van der Waals surface area contributed by atoms with Gasteiger partial charge in [0.05, 0.1) is 11.8 Å². The van der Waals surface area contributed by atoms with Crippen molar-refractivity contribution in [2.45, 2.75) is 0 Å². The van der Waals surface area contributed by atoms with Gasteiger partial charge in [0.1, 0.15) is 5.82 Å². The van der Waals surface area contributed by atoms with E-state index in [1.807, 2.05) is 0 Å². The molecule has 2 N–H and O–H groups in total. The van der Waals surface area contributed by atoms with Crippen LogP contribution in [0.25, 0.3) is 0 Å². The fourth-order valence-electron chi connectivity index (χ4n) is 1.19. The van der Waals surface area contributed by atoms with Crippen LogP contribution < -0.4 is 5.32 Å². The molecule has 1 aromatic carbocycles. The number of rotatable bonds is 2. The number of H-pyrrole nitrogens is 1. The molecule has 6 heteroatoms. The van der Waals surface area contributed by atoms with Crippen LogP contribution in [0.15, 0.2) is 30.5 Å². The zero-order valence-corrected chi connectivity index (χ0v) is 8.00. The first-order valence-electron chi connectivity index (χ1n) is 4.43. The highest BCUT2D eigenvalue weighted by atomic mass is 19.2. The van der Waals surface area contributed by atoms with Crippen molar-refractivity contribution in [2.24, 2.45) is 0 Å². The van der Waals surface area contributed by atoms with E-state index < -0.39 is 17.5 Å². The Labute approximate surface area is 89.3 Å². The summed E-state index contributed by atoms with van der Waals surface area (Å²) in [7, 11) is 0. The largest absolute Gasteiger partial charge is 0.307 e. The SMILES string of the molecule is O=C(Nc1ccn[nH]1)c1cccc(F)c1F.